The van der Waals surface area contributed by atoms with Gasteiger partial charge in [0.1, 0.15) is 5.75 Å². The summed E-state index contributed by atoms with van der Waals surface area (Å²) in [5, 5.41) is 2.86. The van der Waals surface area contributed by atoms with Crippen molar-refractivity contribution in [3.8, 4) is 5.75 Å². The highest BCUT2D eigenvalue weighted by atomic mass is 16.5. The third-order valence-corrected chi connectivity index (χ3v) is 4.34. The number of fused-ring (bicyclic) bond motifs is 1. The van der Waals surface area contributed by atoms with Crippen LogP contribution >= 0.6 is 0 Å². The summed E-state index contributed by atoms with van der Waals surface area (Å²) in [4.78, 5) is 12.0. The topological polar surface area (TPSA) is 38.3 Å². The van der Waals surface area contributed by atoms with Gasteiger partial charge in [0, 0.05) is 5.69 Å². The number of carbonyl (C=O) groups excluding carboxylic acids is 1. The van der Waals surface area contributed by atoms with Crippen LogP contribution in [0.4, 0.5) is 5.69 Å². The van der Waals surface area contributed by atoms with Gasteiger partial charge in [0.15, 0.2) is 6.61 Å². The first kappa shape index (κ1) is 15.6. The highest BCUT2D eigenvalue weighted by Gasteiger charge is 2.10. The molecule has 3 rings (SSSR count). The molecule has 1 aliphatic rings. The number of anilines is 1. The highest BCUT2D eigenvalue weighted by molar-refractivity contribution is 5.91. The predicted molar refractivity (Wildman–Crippen MR) is 93.0 cm³/mol. The van der Waals surface area contributed by atoms with Crippen LogP contribution < -0.4 is 10.1 Å². The molecule has 0 radical (unpaired) electrons. The van der Waals surface area contributed by atoms with E-state index in [1.807, 2.05) is 30.3 Å². The molecule has 1 amide bonds. The molecular formula is C20H23NO2. The molecule has 0 bridgehead atoms. The first-order valence-electron chi connectivity index (χ1n) is 8.38. The van der Waals surface area contributed by atoms with Gasteiger partial charge in [-0.1, -0.05) is 25.1 Å². The van der Waals surface area contributed by atoms with Crippen molar-refractivity contribution in [1.82, 2.24) is 0 Å². The third-order valence-electron chi connectivity index (χ3n) is 4.34. The zero-order valence-corrected chi connectivity index (χ0v) is 13.6. The van der Waals surface area contributed by atoms with Crippen molar-refractivity contribution in [1.29, 1.82) is 0 Å². The second-order valence-corrected chi connectivity index (χ2v) is 6.02. The Labute approximate surface area is 137 Å². The van der Waals surface area contributed by atoms with Gasteiger partial charge in [-0.2, -0.15) is 0 Å². The van der Waals surface area contributed by atoms with Crippen LogP contribution in [0.2, 0.25) is 0 Å². The highest BCUT2D eigenvalue weighted by Crippen LogP contribution is 2.25. The minimum atomic E-state index is -0.132. The summed E-state index contributed by atoms with van der Waals surface area (Å²) >= 11 is 0. The van der Waals surface area contributed by atoms with Crippen LogP contribution in [0.25, 0.3) is 0 Å². The average Bonchev–Trinajstić information content (AvgIpc) is 2.60. The molecule has 0 aliphatic heterocycles. The van der Waals surface area contributed by atoms with E-state index in [2.05, 4.69) is 24.4 Å². The molecule has 120 valence electrons. The van der Waals surface area contributed by atoms with Crippen molar-refractivity contribution in [2.75, 3.05) is 11.9 Å². The van der Waals surface area contributed by atoms with E-state index in [1.54, 1.807) is 0 Å². The van der Waals surface area contributed by atoms with Gasteiger partial charge in [-0.25, -0.2) is 0 Å². The molecule has 3 nitrogen and oxygen atoms in total. The monoisotopic (exact) mass is 309 g/mol. The number of hydrogen-bond acceptors (Lipinski definition) is 2. The first-order chi connectivity index (χ1) is 11.2. The summed E-state index contributed by atoms with van der Waals surface area (Å²) in [6, 6.07) is 14.1. The van der Waals surface area contributed by atoms with Gasteiger partial charge in [-0.05, 0) is 73.1 Å². The van der Waals surface area contributed by atoms with Crippen molar-refractivity contribution in [2.45, 2.75) is 39.0 Å². The zero-order chi connectivity index (χ0) is 16.1. The molecule has 0 saturated heterocycles. The van der Waals surface area contributed by atoms with Crippen LogP contribution in [0.15, 0.2) is 42.5 Å². The third kappa shape index (κ3) is 4.13. The molecule has 2 aromatic carbocycles. The zero-order valence-electron chi connectivity index (χ0n) is 13.6. The van der Waals surface area contributed by atoms with Crippen LogP contribution in [-0.4, -0.2) is 12.5 Å². The summed E-state index contributed by atoms with van der Waals surface area (Å²) in [5.74, 6) is 0.647. The molecule has 0 unspecified atom stereocenters. The van der Waals surface area contributed by atoms with Crippen LogP contribution in [0.5, 0.6) is 5.75 Å². The average molecular weight is 309 g/mol. The van der Waals surface area contributed by atoms with E-state index >= 15 is 0 Å². The van der Waals surface area contributed by atoms with Gasteiger partial charge in [-0.15, -0.1) is 0 Å². The van der Waals surface area contributed by atoms with E-state index in [-0.39, 0.29) is 12.5 Å². The number of rotatable bonds is 5. The smallest absolute Gasteiger partial charge is 0.262 e. The van der Waals surface area contributed by atoms with Gasteiger partial charge in [0.05, 0.1) is 0 Å². The van der Waals surface area contributed by atoms with Crippen molar-refractivity contribution >= 4 is 11.6 Å². The van der Waals surface area contributed by atoms with E-state index in [0.29, 0.717) is 0 Å². The molecule has 0 spiro atoms. The summed E-state index contributed by atoms with van der Waals surface area (Å²) in [5.41, 5.74) is 4.85. The molecule has 0 fully saturated rings. The van der Waals surface area contributed by atoms with Crippen molar-refractivity contribution < 1.29 is 9.53 Å². The summed E-state index contributed by atoms with van der Waals surface area (Å²) in [7, 11) is 0. The van der Waals surface area contributed by atoms with E-state index in [4.69, 9.17) is 4.74 Å². The van der Waals surface area contributed by atoms with Gasteiger partial charge < -0.3 is 10.1 Å². The van der Waals surface area contributed by atoms with Crippen molar-refractivity contribution in [3.63, 3.8) is 0 Å². The Hall–Kier alpha value is -2.29. The fourth-order valence-electron chi connectivity index (χ4n) is 2.97. The van der Waals surface area contributed by atoms with E-state index < -0.39 is 0 Å². The largest absolute Gasteiger partial charge is 0.484 e. The molecule has 1 aliphatic carbocycles. The molecule has 0 atom stereocenters. The second kappa shape index (κ2) is 7.32. The standard InChI is InChI=1S/C20H23NO2/c1-2-15-7-10-18(11-8-15)21-20(22)14-23-19-12-9-16-5-3-4-6-17(16)13-19/h7-13H,2-6,14H2,1H3,(H,21,22). The Bertz CT molecular complexity index is 677. The summed E-state index contributed by atoms with van der Waals surface area (Å²) in [6.07, 6.45) is 5.78. The van der Waals surface area contributed by atoms with Crippen LogP contribution in [0.1, 0.15) is 36.5 Å². The normalized spacial score (nSPS) is 13.3. The predicted octanol–water partition coefficient (Wildman–Crippen LogP) is 4.15. The SMILES string of the molecule is CCc1ccc(NC(=O)COc2ccc3c(c2)CCCC3)cc1. The quantitative estimate of drug-likeness (QED) is 0.901. The van der Waals surface area contributed by atoms with Gasteiger partial charge in [0.25, 0.3) is 5.91 Å². The maximum absolute atomic E-state index is 12.0. The maximum Gasteiger partial charge on any atom is 0.262 e. The molecule has 0 saturated carbocycles. The lowest BCUT2D eigenvalue weighted by Crippen LogP contribution is -2.20. The number of hydrogen-bond donors (Lipinski definition) is 1. The Balaban J connectivity index is 1.54. The van der Waals surface area contributed by atoms with Crippen LogP contribution in [0.3, 0.4) is 0 Å². The number of amides is 1. The van der Waals surface area contributed by atoms with Gasteiger partial charge in [0.2, 0.25) is 0 Å². The lowest BCUT2D eigenvalue weighted by molar-refractivity contribution is -0.118. The Morgan fingerprint density at radius 1 is 1.04 bits per heavy atom. The number of benzene rings is 2. The first-order valence-corrected chi connectivity index (χ1v) is 8.38. The molecular weight excluding hydrogens is 286 g/mol. The Morgan fingerprint density at radius 3 is 2.52 bits per heavy atom. The number of carbonyl (C=O) groups is 1. The van der Waals surface area contributed by atoms with E-state index in [0.717, 1.165) is 30.7 Å². The lowest BCUT2D eigenvalue weighted by atomic mass is 9.92. The summed E-state index contributed by atoms with van der Waals surface area (Å²) in [6.45, 7) is 2.15. The Morgan fingerprint density at radius 2 is 1.78 bits per heavy atom. The summed E-state index contributed by atoms with van der Waals surface area (Å²) < 4.78 is 5.64. The lowest BCUT2D eigenvalue weighted by Gasteiger charge is -2.16. The molecule has 1 N–H and O–H groups in total. The second-order valence-electron chi connectivity index (χ2n) is 6.02. The number of aryl methyl sites for hydroxylation is 3. The van der Waals surface area contributed by atoms with Crippen LogP contribution in [-0.2, 0) is 24.1 Å². The number of nitrogens with one attached hydrogen (secondary N) is 1. The van der Waals surface area contributed by atoms with E-state index in [9.17, 15) is 4.79 Å². The van der Waals surface area contributed by atoms with E-state index in [1.165, 1.54) is 29.5 Å². The maximum atomic E-state index is 12.0. The van der Waals surface area contributed by atoms with Crippen molar-refractivity contribution in [2.24, 2.45) is 0 Å². The molecule has 23 heavy (non-hydrogen) atoms. The molecule has 0 aromatic heterocycles. The minimum Gasteiger partial charge on any atom is -0.484 e. The van der Waals surface area contributed by atoms with Gasteiger partial charge >= 0.3 is 0 Å². The Kier molecular flexibility index (Phi) is 4.96. The fraction of sp³-hybridized carbons (Fsp3) is 0.350. The van der Waals surface area contributed by atoms with Crippen LogP contribution in [0, 0.1) is 0 Å². The van der Waals surface area contributed by atoms with Crippen molar-refractivity contribution in [3.05, 3.63) is 59.2 Å². The number of ether oxygens (including phenoxy) is 1. The fourth-order valence-corrected chi connectivity index (χ4v) is 2.97. The minimum absolute atomic E-state index is 0.0360. The molecule has 3 heteroatoms. The van der Waals surface area contributed by atoms with Gasteiger partial charge in [-0.3, -0.25) is 4.79 Å². The molecule has 2 aromatic rings. The molecule has 0 heterocycles.